The van der Waals surface area contributed by atoms with E-state index in [0.29, 0.717) is 23.6 Å². The molecule has 2 aromatic heterocycles. The van der Waals surface area contributed by atoms with Crippen molar-refractivity contribution in [2.75, 3.05) is 18.6 Å². The van der Waals surface area contributed by atoms with Crippen LogP contribution in [0.3, 0.4) is 0 Å². The third-order valence-corrected chi connectivity index (χ3v) is 5.41. The van der Waals surface area contributed by atoms with Crippen LogP contribution in [0, 0.1) is 0 Å². The Balaban J connectivity index is 0.00000259. The van der Waals surface area contributed by atoms with Crippen LogP contribution >= 0.6 is 0 Å². The van der Waals surface area contributed by atoms with Crippen molar-refractivity contribution in [3.05, 3.63) is 83.9 Å². The van der Waals surface area contributed by atoms with Gasteiger partial charge in [-0.05, 0) is 29.8 Å². The first-order valence-electron chi connectivity index (χ1n) is 10.2. The Morgan fingerprint density at radius 2 is 1.97 bits per heavy atom. The Morgan fingerprint density at radius 3 is 2.79 bits per heavy atom. The Bertz CT molecular complexity index is 1300. The van der Waals surface area contributed by atoms with E-state index < -0.39 is 11.9 Å². The average molecular weight is 444 g/mol. The van der Waals surface area contributed by atoms with Gasteiger partial charge in [-0.25, -0.2) is 0 Å². The molecule has 2 aromatic carbocycles. The molecule has 8 nitrogen and oxygen atoms in total. The first-order chi connectivity index (χ1) is 15.6. The van der Waals surface area contributed by atoms with Gasteiger partial charge in [0.1, 0.15) is 24.2 Å². The minimum absolute atomic E-state index is 0. The Labute approximate surface area is 191 Å². The number of nitrogens with one attached hydrogen (secondary N) is 1. The molecule has 0 fully saturated rings. The van der Waals surface area contributed by atoms with E-state index in [1.54, 1.807) is 25.4 Å². The highest BCUT2D eigenvalue weighted by Gasteiger charge is 2.32. The van der Waals surface area contributed by atoms with Crippen LogP contribution in [0.4, 0.5) is 5.69 Å². The highest BCUT2D eigenvalue weighted by molar-refractivity contribution is 6.08. The summed E-state index contributed by atoms with van der Waals surface area (Å²) in [5.74, 6) is 0.334. The van der Waals surface area contributed by atoms with Crippen LogP contribution < -0.4 is 15.0 Å². The summed E-state index contributed by atoms with van der Waals surface area (Å²) in [5, 5.41) is 7.39. The molecule has 1 aliphatic heterocycles. The summed E-state index contributed by atoms with van der Waals surface area (Å²) in [4.78, 5) is 31.7. The summed E-state index contributed by atoms with van der Waals surface area (Å²) < 4.78 is 11.2. The SMILES string of the molecule is C.CN1C(=O)[C@@H](NC(=O)c2cc(Cc3ccccc3)on2)COc2ccc3ncccc3c21. The summed E-state index contributed by atoms with van der Waals surface area (Å²) in [5.41, 5.74) is 2.54. The lowest BCUT2D eigenvalue weighted by Crippen LogP contribution is -2.49. The number of hydrogen-bond acceptors (Lipinski definition) is 6. The molecular formula is C25H24N4O4. The van der Waals surface area contributed by atoms with Crippen molar-refractivity contribution in [2.45, 2.75) is 19.9 Å². The lowest BCUT2D eigenvalue weighted by atomic mass is 10.1. The zero-order valence-electron chi connectivity index (χ0n) is 17.3. The third-order valence-electron chi connectivity index (χ3n) is 5.41. The smallest absolute Gasteiger partial charge is 0.274 e. The zero-order valence-corrected chi connectivity index (χ0v) is 17.3. The number of rotatable bonds is 4. The fourth-order valence-electron chi connectivity index (χ4n) is 3.80. The maximum absolute atomic E-state index is 13.1. The Morgan fingerprint density at radius 1 is 1.15 bits per heavy atom. The highest BCUT2D eigenvalue weighted by Crippen LogP contribution is 2.37. The lowest BCUT2D eigenvalue weighted by molar-refractivity contribution is -0.120. The average Bonchev–Trinajstić information content (AvgIpc) is 3.25. The van der Waals surface area contributed by atoms with Gasteiger partial charge in [-0.1, -0.05) is 42.9 Å². The minimum atomic E-state index is -0.874. The lowest BCUT2D eigenvalue weighted by Gasteiger charge is -2.21. The van der Waals surface area contributed by atoms with Crippen LogP contribution in [0.25, 0.3) is 10.9 Å². The molecule has 0 unspecified atom stereocenters. The standard InChI is InChI=1S/C24H20N4O4.CH4/c1-28-22-17-8-5-11-25-18(17)9-10-21(22)31-14-20(24(28)30)26-23(29)19-13-16(32-27-19)12-15-6-3-2-4-7-15;/h2-11,13,20H,12,14H2,1H3,(H,26,29);1H4/t20-;/m0./s1. The molecule has 3 heterocycles. The van der Waals surface area contributed by atoms with E-state index in [0.717, 1.165) is 16.5 Å². The first kappa shape index (κ1) is 22.0. The molecule has 0 spiro atoms. The molecule has 2 amide bonds. The fourth-order valence-corrected chi connectivity index (χ4v) is 3.80. The predicted octanol–water partition coefficient (Wildman–Crippen LogP) is 3.60. The van der Waals surface area contributed by atoms with Gasteiger partial charge in [-0.3, -0.25) is 14.6 Å². The molecule has 4 aromatic rings. The molecule has 8 heteroatoms. The van der Waals surface area contributed by atoms with Crippen LogP contribution in [0.15, 0.2) is 71.4 Å². The minimum Gasteiger partial charge on any atom is -0.489 e. The maximum Gasteiger partial charge on any atom is 0.274 e. The van der Waals surface area contributed by atoms with Gasteiger partial charge in [0.2, 0.25) is 0 Å². The molecule has 0 bridgehead atoms. The number of aromatic nitrogens is 2. The van der Waals surface area contributed by atoms with Crippen LogP contribution in [0.2, 0.25) is 0 Å². The molecule has 0 aliphatic carbocycles. The number of nitrogens with zero attached hydrogens (tertiary/aromatic N) is 3. The summed E-state index contributed by atoms with van der Waals surface area (Å²) >= 11 is 0. The fraction of sp³-hybridized carbons (Fsp3) is 0.200. The summed E-state index contributed by atoms with van der Waals surface area (Å²) in [7, 11) is 1.66. The van der Waals surface area contributed by atoms with E-state index >= 15 is 0 Å². The number of hydrogen-bond donors (Lipinski definition) is 1. The topological polar surface area (TPSA) is 97.6 Å². The highest BCUT2D eigenvalue weighted by atomic mass is 16.5. The number of carbonyl (C=O) groups is 2. The predicted molar refractivity (Wildman–Crippen MR) is 124 cm³/mol. The second-order valence-electron chi connectivity index (χ2n) is 7.56. The second-order valence-corrected chi connectivity index (χ2v) is 7.56. The van der Waals surface area contributed by atoms with Gasteiger partial charge in [0.25, 0.3) is 11.8 Å². The van der Waals surface area contributed by atoms with Gasteiger partial charge >= 0.3 is 0 Å². The van der Waals surface area contributed by atoms with Crippen molar-refractivity contribution in [1.29, 1.82) is 0 Å². The van der Waals surface area contributed by atoms with Gasteiger partial charge in [0.05, 0.1) is 11.2 Å². The zero-order chi connectivity index (χ0) is 22.1. The van der Waals surface area contributed by atoms with E-state index in [1.807, 2.05) is 48.5 Å². The summed E-state index contributed by atoms with van der Waals surface area (Å²) in [6.45, 7) is 0.00239. The van der Waals surface area contributed by atoms with Crippen molar-refractivity contribution in [3.8, 4) is 5.75 Å². The number of pyridine rings is 1. The molecule has 0 saturated carbocycles. The van der Waals surface area contributed by atoms with Crippen LogP contribution in [0.5, 0.6) is 5.75 Å². The summed E-state index contributed by atoms with van der Waals surface area (Å²) in [6.07, 6.45) is 2.22. The number of amides is 2. The Kier molecular flexibility index (Phi) is 6.08. The molecule has 1 N–H and O–H groups in total. The van der Waals surface area contributed by atoms with E-state index in [4.69, 9.17) is 9.26 Å². The van der Waals surface area contributed by atoms with Crippen molar-refractivity contribution in [3.63, 3.8) is 0 Å². The number of fused-ring (bicyclic) bond motifs is 3. The first-order valence-corrected chi connectivity index (χ1v) is 10.2. The number of benzene rings is 2. The molecule has 1 atom stereocenters. The van der Waals surface area contributed by atoms with Crippen LogP contribution in [-0.2, 0) is 11.2 Å². The monoisotopic (exact) mass is 444 g/mol. The van der Waals surface area contributed by atoms with E-state index in [9.17, 15) is 9.59 Å². The van der Waals surface area contributed by atoms with Gasteiger partial charge in [0, 0.05) is 31.1 Å². The van der Waals surface area contributed by atoms with Gasteiger partial charge in [0.15, 0.2) is 5.69 Å². The number of carbonyl (C=O) groups excluding carboxylic acids is 2. The van der Waals surface area contributed by atoms with E-state index in [1.165, 1.54) is 4.90 Å². The third kappa shape index (κ3) is 4.27. The number of anilines is 1. The molecular weight excluding hydrogens is 420 g/mol. The molecule has 0 radical (unpaired) electrons. The maximum atomic E-state index is 13.1. The molecule has 0 saturated heterocycles. The normalized spacial score (nSPS) is 15.2. The van der Waals surface area contributed by atoms with Gasteiger partial charge in [-0.15, -0.1) is 0 Å². The van der Waals surface area contributed by atoms with Crippen molar-refractivity contribution < 1.29 is 18.8 Å². The quantitative estimate of drug-likeness (QED) is 0.517. The van der Waals surface area contributed by atoms with Crippen molar-refractivity contribution in [1.82, 2.24) is 15.5 Å². The number of likely N-dealkylation sites (N-methyl/N-ethyl adjacent to an activating group) is 1. The van der Waals surface area contributed by atoms with Crippen molar-refractivity contribution in [2.24, 2.45) is 0 Å². The van der Waals surface area contributed by atoms with Gasteiger partial charge < -0.3 is 19.5 Å². The van der Waals surface area contributed by atoms with E-state index in [-0.39, 0.29) is 25.6 Å². The van der Waals surface area contributed by atoms with Crippen LogP contribution in [-0.4, -0.2) is 41.7 Å². The number of ether oxygens (including phenoxy) is 1. The summed E-state index contributed by atoms with van der Waals surface area (Å²) in [6, 6.07) is 17.8. The van der Waals surface area contributed by atoms with Gasteiger partial charge in [-0.2, -0.15) is 0 Å². The van der Waals surface area contributed by atoms with E-state index in [2.05, 4.69) is 15.5 Å². The van der Waals surface area contributed by atoms with Crippen molar-refractivity contribution >= 4 is 28.4 Å². The molecule has 33 heavy (non-hydrogen) atoms. The van der Waals surface area contributed by atoms with Crippen LogP contribution in [0.1, 0.15) is 29.2 Å². The molecule has 5 rings (SSSR count). The largest absolute Gasteiger partial charge is 0.489 e. The Hall–Kier alpha value is -4.20. The second kappa shape index (κ2) is 9.12. The molecule has 168 valence electrons. The molecule has 1 aliphatic rings.